The van der Waals surface area contributed by atoms with E-state index < -0.39 is 5.41 Å². The maximum absolute atomic E-state index is 7.21. The van der Waals surface area contributed by atoms with Crippen LogP contribution in [0.15, 0.2) is 249 Å². The van der Waals surface area contributed by atoms with E-state index in [4.69, 9.17) is 4.74 Å². The zero-order valence-electron chi connectivity index (χ0n) is 35.5. The minimum Gasteiger partial charge on any atom is -0.455 e. The van der Waals surface area contributed by atoms with Gasteiger partial charge in [-0.15, -0.1) is 0 Å². The molecule has 1 aliphatic carbocycles. The lowest BCUT2D eigenvalue weighted by Crippen LogP contribution is -2.32. The Bertz CT molecular complexity index is 3530. The number of fused-ring (bicyclic) bond motifs is 13. The summed E-state index contributed by atoms with van der Waals surface area (Å²) in [7, 11) is 0. The standard InChI is InChI=1S/C63H41NO/c1-3-15-42(16-4-1)43-27-33-48(34-28-43)64(49-35-29-47(30-36-49)52-22-12-11-21-51(52)44-17-5-2-6-18-44)50-37-40-58-56(41-50)55-25-13-14-26-57(55)63(58)59-38-31-45-19-7-9-23-53(45)61(59)65-62-54-24-10-8-20-46(54)32-39-60(62)63/h1-41H. The zero-order chi connectivity index (χ0) is 42.9. The highest BCUT2D eigenvalue weighted by molar-refractivity contribution is 6.00. The van der Waals surface area contributed by atoms with E-state index in [1.54, 1.807) is 0 Å². The minimum atomic E-state index is -0.614. The van der Waals surface area contributed by atoms with E-state index in [-0.39, 0.29) is 0 Å². The van der Waals surface area contributed by atoms with Gasteiger partial charge in [-0.3, -0.25) is 0 Å². The molecule has 0 radical (unpaired) electrons. The highest BCUT2D eigenvalue weighted by atomic mass is 16.5. The van der Waals surface area contributed by atoms with Crippen molar-refractivity contribution in [3.05, 3.63) is 271 Å². The second-order valence-corrected chi connectivity index (χ2v) is 17.2. The third-order valence-electron chi connectivity index (χ3n) is 13.7. The van der Waals surface area contributed by atoms with Gasteiger partial charge in [0.1, 0.15) is 11.5 Å². The van der Waals surface area contributed by atoms with Crippen molar-refractivity contribution in [3.63, 3.8) is 0 Å². The van der Waals surface area contributed by atoms with Gasteiger partial charge in [0, 0.05) is 39.0 Å². The molecule has 1 aliphatic heterocycles. The summed E-state index contributed by atoms with van der Waals surface area (Å²) >= 11 is 0. The predicted molar refractivity (Wildman–Crippen MR) is 270 cm³/mol. The molecule has 13 rings (SSSR count). The van der Waals surface area contributed by atoms with E-state index in [1.165, 1.54) is 55.6 Å². The van der Waals surface area contributed by atoms with Crippen molar-refractivity contribution < 1.29 is 4.74 Å². The van der Waals surface area contributed by atoms with Gasteiger partial charge in [0.25, 0.3) is 0 Å². The largest absolute Gasteiger partial charge is 0.455 e. The third-order valence-corrected chi connectivity index (χ3v) is 13.7. The molecule has 0 saturated carbocycles. The van der Waals surface area contributed by atoms with Gasteiger partial charge in [-0.2, -0.15) is 0 Å². The number of hydrogen-bond donors (Lipinski definition) is 0. The van der Waals surface area contributed by atoms with Gasteiger partial charge in [0.2, 0.25) is 0 Å². The summed E-state index contributed by atoms with van der Waals surface area (Å²) in [6.07, 6.45) is 0. The SMILES string of the molecule is c1ccc(-c2ccc(N(c3ccc(-c4ccccc4-c4ccccc4)cc3)c3ccc4c(c3)-c3ccccc3C43c4ccc5ccccc5c4Oc4c3ccc3ccccc43)cc2)cc1. The smallest absolute Gasteiger partial charge is 0.140 e. The van der Waals surface area contributed by atoms with Crippen molar-refractivity contribution in [1.29, 1.82) is 0 Å². The van der Waals surface area contributed by atoms with Gasteiger partial charge in [-0.05, 0) is 103 Å². The second-order valence-electron chi connectivity index (χ2n) is 17.2. The van der Waals surface area contributed by atoms with Gasteiger partial charge in [-0.25, -0.2) is 0 Å². The molecule has 2 aliphatic rings. The first-order valence-electron chi connectivity index (χ1n) is 22.4. The first kappa shape index (κ1) is 37.1. The van der Waals surface area contributed by atoms with Crippen molar-refractivity contribution in [2.75, 3.05) is 4.90 Å². The lowest BCUT2D eigenvalue weighted by Gasteiger charge is -2.40. The van der Waals surface area contributed by atoms with Crippen LogP contribution in [0.4, 0.5) is 17.1 Å². The number of anilines is 3. The maximum Gasteiger partial charge on any atom is 0.140 e. The number of nitrogens with zero attached hydrogens (tertiary/aromatic N) is 1. The highest BCUT2D eigenvalue weighted by Crippen LogP contribution is 2.64. The van der Waals surface area contributed by atoms with Crippen molar-refractivity contribution in [1.82, 2.24) is 0 Å². The summed E-state index contributed by atoms with van der Waals surface area (Å²) in [5, 5.41) is 4.56. The van der Waals surface area contributed by atoms with Gasteiger partial charge in [0.15, 0.2) is 0 Å². The van der Waals surface area contributed by atoms with E-state index in [9.17, 15) is 0 Å². The average molecular weight is 828 g/mol. The van der Waals surface area contributed by atoms with Crippen LogP contribution < -0.4 is 9.64 Å². The molecule has 0 saturated heterocycles. The molecule has 11 aromatic carbocycles. The van der Waals surface area contributed by atoms with E-state index >= 15 is 0 Å². The fraction of sp³-hybridized carbons (Fsp3) is 0.0159. The molecular formula is C63H41NO. The molecule has 0 bridgehead atoms. The summed E-state index contributed by atoms with van der Waals surface area (Å²) in [5.41, 5.74) is 17.1. The first-order valence-corrected chi connectivity index (χ1v) is 22.4. The van der Waals surface area contributed by atoms with E-state index in [1.807, 2.05) is 0 Å². The van der Waals surface area contributed by atoms with Gasteiger partial charge in [-0.1, -0.05) is 212 Å². The Hall–Kier alpha value is -8.46. The van der Waals surface area contributed by atoms with Crippen LogP contribution in [0.25, 0.3) is 66.1 Å². The summed E-state index contributed by atoms with van der Waals surface area (Å²) < 4.78 is 7.21. The second kappa shape index (κ2) is 14.8. The molecule has 0 N–H and O–H groups in total. The lowest BCUT2D eigenvalue weighted by molar-refractivity contribution is 0.447. The molecule has 304 valence electrons. The van der Waals surface area contributed by atoms with Crippen molar-refractivity contribution >= 4 is 38.6 Å². The Labute approximate surface area is 378 Å². The molecule has 0 aromatic heterocycles. The van der Waals surface area contributed by atoms with Crippen LogP contribution in [0.2, 0.25) is 0 Å². The fourth-order valence-corrected chi connectivity index (χ4v) is 10.8. The van der Waals surface area contributed by atoms with Crippen molar-refractivity contribution in [3.8, 4) is 56.0 Å². The fourth-order valence-electron chi connectivity index (χ4n) is 10.8. The van der Waals surface area contributed by atoms with E-state index in [0.29, 0.717) is 0 Å². The molecular weight excluding hydrogens is 787 g/mol. The van der Waals surface area contributed by atoms with Gasteiger partial charge in [0.05, 0.1) is 5.41 Å². The predicted octanol–water partition coefficient (Wildman–Crippen LogP) is 16.9. The van der Waals surface area contributed by atoms with Gasteiger partial charge < -0.3 is 9.64 Å². The maximum atomic E-state index is 7.21. The van der Waals surface area contributed by atoms with Crippen LogP contribution in [0.5, 0.6) is 11.5 Å². The van der Waals surface area contributed by atoms with Crippen molar-refractivity contribution in [2.45, 2.75) is 5.41 Å². The van der Waals surface area contributed by atoms with Crippen LogP contribution in [0.1, 0.15) is 22.3 Å². The number of rotatable bonds is 6. The molecule has 0 unspecified atom stereocenters. The molecule has 0 amide bonds. The lowest BCUT2D eigenvalue weighted by atomic mass is 9.65. The summed E-state index contributed by atoms with van der Waals surface area (Å²) in [6.45, 7) is 0. The molecule has 2 heteroatoms. The van der Waals surface area contributed by atoms with Crippen LogP contribution in [0.3, 0.4) is 0 Å². The monoisotopic (exact) mass is 827 g/mol. The molecule has 1 heterocycles. The zero-order valence-corrected chi connectivity index (χ0v) is 35.5. The quantitative estimate of drug-likeness (QED) is 0.166. The van der Waals surface area contributed by atoms with Crippen LogP contribution in [-0.4, -0.2) is 0 Å². The third kappa shape index (κ3) is 5.74. The average Bonchev–Trinajstić information content (AvgIpc) is 3.67. The topological polar surface area (TPSA) is 12.5 Å². The summed E-state index contributed by atoms with van der Waals surface area (Å²) in [6, 6.07) is 90.6. The Morgan fingerprint density at radius 2 is 0.692 bits per heavy atom. The minimum absolute atomic E-state index is 0.614. The Morgan fingerprint density at radius 1 is 0.277 bits per heavy atom. The van der Waals surface area contributed by atoms with Crippen LogP contribution in [-0.2, 0) is 5.41 Å². The first-order chi connectivity index (χ1) is 32.2. The van der Waals surface area contributed by atoms with E-state index in [2.05, 4.69) is 254 Å². The Kier molecular flexibility index (Phi) is 8.47. The number of hydrogen-bond acceptors (Lipinski definition) is 2. The van der Waals surface area contributed by atoms with E-state index in [0.717, 1.165) is 61.2 Å². The summed E-state index contributed by atoms with van der Waals surface area (Å²) in [5.74, 6) is 1.85. The Morgan fingerprint density at radius 3 is 1.29 bits per heavy atom. The molecule has 0 atom stereocenters. The molecule has 11 aromatic rings. The van der Waals surface area contributed by atoms with Gasteiger partial charge >= 0.3 is 0 Å². The highest BCUT2D eigenvalue weighted by Gasteiger charge is 2.52. The van der Waals surface area contributed by atoms with Crippen molar-refractivity contribution in [2.24, 2.45) is 0 Å². The molecule has 1 spiro atoms. The molecule has 2 nitrogen and oxygen atoms in total. The number of benzene rings is 11. The Balaban J connectivity index is 1.02. The van der Waals surface area contributed by atoms with Crippen LogP contribution >= 0.6 is 0 Å². The summed E-state index contributed by atoms with van der Waals surface area (Å²) in [4.78, 5) is 2.41. The van der Waals surface area contributed by atoms with Crippen LogP contribution in [0, 0.1) is 0 Å². The molecule has 0 fully saturated rings. The normalized spacial score (nSPS) is 12.9. The number of ether oxygens (including phenoxy) is 1. The molecule has 65 heavy (non-hydrogen) atoms.